The first-order chi connectivity index (χ1) is 15.0. The summed E-state index contributed by atoms with van der Waals surface area (Å²) >= 11 is 1.55. The predicted octanol–water partition coefficient (Wildman–Crippen LogP) is 5.42. The van der Waals surface area contributed by atoms with Crippen LogP contribution in [0.4, 0.5) is 0 Å². The zero-order valence-corrected chi connectivity index (χ0v) is 19.2. The zero-order chi connectivity index (χ0) is 22.1. The number of hydrogen-bond donors (Lipinski definition) is 1. The summed E-state index contributed by atoms with van der Waals surface area (Å²) in [4.78, 5) is 16.9. The standard InChI is InChI=1S/C25H30N2O3S/c1-4-29-22-14-12-21(13-15-22)25-27-23(19(3)30-25)16-31-17-24(28)26-18(2)10-11-20-8-6-5-7-9-20/h5-9,12-15,18H,4,10-11,16-17H2,1-3H3,(H,26,28)/t18-/m0/s1. The average molecular weight is 439 g/mol. The van der Waals surface area contributed by atoms with E-state index >= 15 is 0 Å². The second kappa shape index (κ2) is 11.6. The SMILES string of the molecule is CCOc1ccc(-c2nc(CSCC(=O)N[C@@H](C)CCc3ccccc3)c(C)o2)cc1. The molecule has 3 rings (SSSR count). The Morgan fingerprint density at radius 3 is 2.61 bits per heavy atom. The Hall–Kier alpha value is -2.73. The minimum atomic E-state index is 0.0541. The van der Waals surface area contributed by atoms with E-state index in [9.17, 15) is 4.79 Å². The van der Waals surface area contributed by atoms with Crippen molar-refractivity contribution in [2.24, 2.45) is 0 Å². The van der Waals surface area contributed by atoms with Gasteiger partial charge in [0.15, 0.2) is 0 Å². The number of nitrogens with zero attached hydrogens (tertiary/aromatic N) is 1. The summed E-state index contributed by atoms with van der Waals surface area (Å²) < 4.78 is 11.3. The largest absolute Gasteiger partial charge is 0.494 e. The molecule has 0 bridgehead atoms. The lowest BCUT2D eigenvalue weighted by Gasteiger charge is -2.13. The highest BCUT2D eigenvalue weighted by Gasteiger charge is 2.13. The van der Waals surface area contributed by atoms with Crippen molar-refractivity contribution in [3.05, 3.63) is 71.6 Å². The molecule has 0 saturated heterocycles. The Bertz CT molecular complexity index is 955. The molecule has 0 aliphatic rings. The molecule has 1 heterocycles. The molecule has 1 N–H and O–H groups in total. The molecule has 1 amide bonds. The van der Waals surface area contributed by atoms with Crippen LogP contribution in [-0.4, -0.2) is 29.3 Å². The summed E-state index contributed by atoms with van der Waals surface area (Å²) in [6.45, 7) is 6.56. The highest BCUT2D eigenvalue weighted by atomic mass is 32.2. The predicted molar refractivity (Wildman–Crippen MR) is 126 cm³/mol. The van der Waals surface area contributed by atoms with E-state index in [-0.39, 0.29) is 11.9 Å². The van der Waals surface area contributed by atoms with E-state index in [2.05, 4.69) is 29.4 Å². The second-order valence-electron chi connectivity index (χ2n) is 7.46. The number of amides is 1. The Labute approximate surface area is 188 Å². The fourth-order valence-electron chi connectivity index (χ4n) is 3.20. The van der Waals surface area contributed by atoms with Crippen molar-refractivity contribution in [2.75, 3.05) is 12.4 Å². The summed E-state index contributed by atoms with van der Waals surface area (Å²) in [7, 11) is 0. The first kappa shape index (κ1) is 22.9. The van der Waals surface area contributed by atoms with E-state index in [0.29, 0.717) is 24.0 Å². The molecule has 31 heavy (non-hydrogen) atoms. The second-order valence-corrected chi connectivity index (χ2v) is 8.45. The van der Waals surface area contributed by atoms with E-state index in [1.54, 1.807) is 11.8 Å². The third-order valence-electron chi connectivity index (χ3n) is 4.89. The van der Waals surface area contributed by atoms with Gasteiger partial charge in [0, 0.05) is 17.4 Å². The van der Waals surface area contributed by atoms with E-state index in [0.717, 1.165) is 35.6 Å². The summed E-state index contributed by atoms with van der Waals surface area (Å²) in [6.07, 6.45) is 1.89. The van der Waals surface area contributed by atoms with Gasteiger partial charge < -0.3 is 14.5 Å². The van der Waals surface area contributed by atoms with E-state index in [4.69, 9.17) is 9.15 Å². The van der Waals surface area contributed by atoms with Gasteiger partial charge in [0.1, 0.15) is 11.5 Å². The molecule has 164 valence electrons. The molecule has 5 nitrogen and oxygen atoms in total. The van der Waals surface area contributed by atoms with Gasteiger partial charge in [0.2, 0.25) is 11.8 Å². The zero-order valence-electron chi connectivity index (χ0n) is 18.4. The highest BCUT2D eigenvalue weighted by Crippen LogP contribution is 2.26. The number of rotatable bonds is 11. The lowest BCUT2D eigenvalue weighted by molar-refractivity contribution is -0.119. The van der Waals surface area contributed by atoms with Crippen LogP contribution in [0.1, 0.15) is 37.3 Å². The Kier molecular flexibility index (Phi) is 8.59. The van der Waals surface area contributed by atoms with Gasteiger partial charge in [-0.1, -0.05) is 30.3 Å². The van der Waals surface area contributed by atoms with Gasteiger partial charge in [-0.25, -0.2) is 4.98 Å². The van der Waals surface area contributed by atoms with E-state index in [1.807, 2.05) is 56.3 Å². The number of thioether (sulfide) groups is 1. The minimum absolute atomic E-state index is 0.0541. The van der Waals surface area contributed by atoms with Crippen LogP contribution in [0.3, 0.4) is 0 Å². The molecule has 3 aromatic rings. The molecule has 0 aliphatic heterocycles. The Balaban J connectivity index is 1.43. The fraction of sp³-hybridized carbons (Fsp3) is 0.360. The number of oxazole rings is 1. The van der Waals surface area contributed by atoms with Crippen molar-refractivity contribution in [3.8, 4) is 17.2 Å². The van der Waals surface area contributed by atoms with Gasteiger partial charge in [-0.15, -0.1) is 11.8 Å². The van der Waals surface area contributed by atoms with Crippen molar-refractivity contribution in [1.29, 1.82) is 0 Å². The Morgan fingerprint density at radius 2 is 1.90 bits per heavy atom. The first-order valence-electron chi connectivity index (χ1n) is 10.7. The maximum absolute atomic E-state index is 12.3. The molecule has 0 radical (unpaired) electrons. The van der Waals surface area contributed by atoms with Crippen molar-refractivity contribution in [3.63, 3.8) is 0 Å². The lowest BCUT2D eigenvalue weighted by Crippen LogP contribution is -2.34. The molecular weight excluding hydrogens is 408 g/mol. The monoisotopic (exact) mass is 438 g/mol. The Morgan fingerprint density at radius 1 is 1.16 bits per heavy atom. The molecule has 1 aromatic heterocycles. The number of aryl methyl sites for hydroxylation is 2. The number of ether oxygens (including phenoxy) is 1. The average Bonchev–Trinajstić information content (AvgIpc) is 3.14. The van der Waals surface area contributed by atoms with Gasteiger partial charge in [0.25, 0.3) is 0 Å². The summed E-state index contributed by atoms with van der Waals surface area (Å²) in [5.74, 6) is 3.30. The molecule has 0 spiro atoms. The van der Waals surface area contributed by atoms with Crippen LogP contribution in [0.15, 0.2) is 59.0 Å². The molecule has 2 aromatic carbocycles. The fourth-order valence-corrected chi connectivity index (χ4v) is 4.03. The normalized spacial score (nSPS) is 11.8. The number of aromatic nitrogens is 1. The maximum Gasteiger partial charge on any atom is 0.230 e. The molecule has 0 saturated carbocycles. The van der Waals surface area contributed by atoms with E-state index < -0.39 is 0 Å². The minimum Gasteiger partial charge on any atom is -0.494 e. The molecule has 0 aliphatic carbocycles. The quantitative estimate of drug-likeness (QED) is 0.433. The van der Waals surface area contributed by atoms with Crippen molar-refractivity contribution in [1.82, 2.24) is 10.3 Å². The van der Waals surface area contributed by atoms with Gasteiger partial charge in [-0.2, -0.15) is 0 Å². The van der Waals surface area contributed by atoms with Gasteiger partial charge in [0.05, 0.1) is 18.1 Å². The van der Waals surface area contributed by atoms with Crippen LogP contribution < -0.4 is 10.1 Å². The van der Waals surface area contributed by atoms with Crippen LogP contribution in [0, 0.1) is 6.92 Å². The van der Waals surface area contributed by atoms with Gasteiger partial charge >= 0.3 is 0 Å². The third-order valence-corrected chi connectivity index (χ3v) is 5.84. The van der Waals surface area contributed by atoms with Crippen molar-refractivity contribution in [2.45, 2.75) is 45.4 Å². The van der Waals surface area contributed by atoms with Crippen LogP contribution >= 0.6 is 11.8 Å². The number of hydrogen-bond acceptors (Lipinski definition) is 5. The van der Waals surface area contributed by atoms with Crippen LogP contribution in [-0.2, 0) is 17.0 Å². The summed E-state index contributed by atoms with van der Waals surface area (Å²) in [6, 6.07) is 18.2. The van der Waals surface area contributed by atoms with Crippen LogP contribution in [0.5, 0.6) is 5.75 Å². The smallest absolute Gasteiger partial charge is 0.230 e. The summed E-state index contributed by atoms with van der Waals surface area (Å²) in [5, 5.41) is 3.08. The number of nitrogens with one attached hydrogen (secondary N) is 1. The molecule has 0 unspecified atom stereocenters. The van der Waals surface area contributed by atoms with Gasteiger partial charge in [-0.05, 0) is 63.4 Å². The topological polar surface area (TPSA) is 64.4 Å². The maximum atomic E-state index is 12.3. The van der Waals surface area contributed by atoms with E-state index in [1.165, 1.54) is 5.56 Å². The summed E-state index contributed by atoms with van der Waals surface area (Å²) in [5.41, 5.74) is 3.08. The van der Waals surface area contributed by atoms with Crippen molar-refractivity contribution >= 4 is 17.7 Å². The number of benzene rings is 2. The highest BCUT2D eigenvalue weighted by molar-refractivity contribution is 7.99. The molecule has 0 fully saturated rings. The van der Waals surface area contributed by atoms with Gasteiger partial charge in [-0.3, -0.25) is 4.79 Å². The number of carbonyl (C=O) groups is 1. The van der Waals surface area contributed by atoms with Crippen LogP contribution in [0.25, 0.3) is 11.5 Å². The third kappa shape index (κ3) is 7.17. The number of carbonyl (C=O) groups excluding carboxylic acids is 1. The van der Waals surface area contributed by atoms with Crippen molar-refractivity contribution < 1.29 is 13.9 Å². The lowest BCUT2D eigenvalue weighted by atomic mass is 10.1. The molecule has 6 heteroatoms. The first-order valence-corrected chi connectivity index (χ1v) is 11.8. The van der Waals surface area contributed by atoms with Crippen LogP contribution in [0.2, 0.25) is 0 Å². The molecule has 1 atom stereocenters. The molecular formula is C25H30N2O3S.